The van der Waals surface area contributed by atoms with Gasteiger partial charge in [-0.05, 0) is 34.9 Å². The molecule has 29 heavy (non-hydrogen) atoms. The number of allylic oxidation sites excluding steroid dienone is 2. The molecule has 0 bridgehead atoms. The van der Waals surface area contributed by atoms with Crippen molar-refractivity contribution in [3.63, 3.8) is 0 Å². The van der Waals surface area contributed by atoms with Crippen LogP contribution in [0.4, 0.5) is 5.82 Å². The van der Waals surface area contributed by atoms with E-state index < -0.39 is 10.0 Å². The molecule has 152 valence electrons. The molecule has 0 amide bonds. The molecule has 0 unspecified atom stereocenters. The van der Waals surface area contributed by atoms with Crippen molar-refractivity contribution in [2.45, 2.75) is 6.54 Å². The molecular weight excluding hydrogens is 384 g/mol. The first-order valence-corrected chi connectivity index (χ1v) is 11.7. The summed E-state index contributed by atoms with van der Waals surface area (Å²) in [6.45, 7) is 4.19. The lowest BCUT2D eigenvalue weighted by Gasteiger charge is -2.33. The molecule has 2 aromatic rings. The summed E-state index contributed by atoms with van der Waals surface area (Å²) in [4.78, 5) is 8.97. The van der Waals surface area contributed by atoms with Gasteiger partial charge in [0.2, 0.25) is 10.0 Å². The van der Waals surface area contributed by atoms with Crippen LogP contribution >= 0.6 is 0 Å². The number of rotatable bonds is 5. The van der Waals surface area contributed by atoms with Gasteiger partial charge in [0.05, 0.1) is 6.26 Å². The number of anilines is 1. The molecule has 3 heterocycles. The Kier molecular flexibility index (Phi) is 5.80. The SMILES string of the molecule is CS(=O)(=O)N1CCN(Cc2ccnc(N3C=CC(c4ccccc4)=CC3)c2)CC1. The second kappa shape index (κ2) is 8.49. The number of aromatic nitrogens is 1. The Bertz CT molecular complexity index is 1010. The van der Waals surface area contributed by atoms with Crippen molar-refractivity contribution < 1.29 is 8.42 Å². The highest BCUT2D eigenvalue weighted by atomic mass is 32.2. The van der Waals surface area contributed by atoms with Gasteiger partial charge in [0.15, 0.2) is 0 Å². The monoisotopic (exact) mass is 410 g/mol. The van der Waals surface area contributed by atoms with Crippen LogP contribution in [0.5, 0.6) is 0 Å². The molecule has 6 nitrogen and oxygen atoms in total. The van der Waals surface area contributed by atoms with Gasteiger partial charge in [-0.15, -0.1) is 0 Å². The zero-order chi connectivity index (χ0) is 20.3. The van der Waals surface area contributed by atoms with E-state index in [0.717, 1.165) is 32.0 Å². The van der Waals surface area contributed by atoms with Gasteiger partial charge in [0.1, 0.15) is 5.82 Å². The van der Waals surface area contributed by atoms with E-state index in [1.807, 2.05) is 18.3 Å². The van der Waals surface area contributed by atoms with Crippen molar-refractivity contribution in [3.05, 3.63) is 78.1 Å². The minimum atomic E-state index is -3.09. The van der Waals surface area contributed by atoms with Crippen molar-refractivity contribution in [3.8, 4) is 0 Å². The number of piperazine rings is 1. The van der Waals surface area contributed by atoms with Crippen molar-refractivity contribution in [2.75, 3.05) is 43.9 Å². The molecule has 0 saturated carbocycles. The summed E-state index contributed by atoms with van der Waals surface area (Å²) >= 11 is 0. The van der Waals surface area contributed by atoms with Crippen LogP contribution in [0.25, 0.3) is 5.57 Å². The number of benzene rings is 1. The van der Waals surface area contributed by atoms with Crippen LogP contribution in [0.15, 0.2) is 67.0 Å². The normalized spacial score (nSPS) is 18.7. The molecule has 0 N–H and O–H groups in total. The maximum atomic E-state index is 11.7. The Morgan fingerprint density at radius 1 is 1.03 bits per heavy atom. The molecule has 1 aromatic heterocycles. The van der Waals surface area contributed by atoms with Gasteiger partial charge in [0.25, 0.3) is 0 Å². The van der Waals surface area contributed by atoms with E-state index in [4.69, 9.17) is 0 Å². The van der Waals surface area contributed by atoms with Gasteiger partial charge in [-0.2, -0.15) is 4.31 Å². The summed E-state index contributed by atoms with van der Waals surface area (Å²) < 4.78 is 24.9. The number of hydrogen-bond acceptors (Lipinski definition) is 5. The summed E-state index contributed by atoms with van der Waals surface area (Å²) in [6, 6.07) is 14.5. The van der Waals surface area contributed by atoms with E-state index in [1.54, 1.807) is 4.31 Å². The van der Waals surface area contributed by atoms with E-state index in [1.165, 1.54) is 23.0 Å². The number of pyridine rings is 1. The fourth-order valence-electron chi connectivity index (χ4n) is 3.70. The van der Waals surface area contributed by atoms with Crippen LogP contribution in [0.1, 0.15) is 11.1 Å². The average Bonchev–Trinajstić information content (AvgIpc) is 2.74. The summed E-state index contributed by atoms with van der Waals surface area (Å²) in [5.41, 5.74) is 3.63. The Balaban J connectivity index is 1.38. The fourth-order valence-corrected chi connectivity index (χ4v) is 4.53. The molecule has 1 aromatic carbocycles. The predicted molar refractivity (Wildman–Crippen MR) is 117 cm³/mol. The van der Waals surface area contributed by atoms with E-state index in [0.29, 0.717) is 13.1 Å². The van der Waals surface area contributed by atoms with Crippen molar-refractivity contribution in [1.82, 2.24) is 14.2 Å². The molecule has 7 heteroatoms. The standard InChI is InChI=1S/C22H26N4O2S/c1-29(27,28)26-15-13-24(14-16-26)18-19-7-10-23-22(17-19)25-11-8-21(9-12-25)20-5-3-2-4-6-20/h2-11,17H,12-16,18H2,1H3. The molecule has 0 spiro atoms. The Morgan fingerprint density at radius 3 is 2.45 bits per heavy atom. The summed E-state index contributed by atoms with van der Waals surface area (Å²) in [5, 5.41) is 0. The van der Waals surface area contributed by atoms with Gasteiger partial charge >= 0.3 is 0 Å². The quantitative estimate of drug-likeness (QED) is 0.758. The Hall–Kier alpha value is -2.48. The van der Waals surface area contributed by atoms with E-state index in [2.05, 4.69) is 63.5 Å². The lowest BCUT2D eigenvalue weighted by Crippen LogP contribution is -2.47. The number of hydrogen-bond donors (Lipinski definition) is 0. The third-order valence-corrected chi connectivity index (χ3v) is 6.66. The highest BCUT2D eigenvalue weighted by molar-refractivity contribution is 7.88. The minimum absolute atomic E-state index is 0.554. The van der Waals surface area contributed by atoms with E-state index >= 15 is 0 Å². The highest BCUT2D eigenvalue weighted by Crippen LogP contribution is 2.23. The summed E-state index contributed by atoms with van der Waals surface area (Å²) in [7, 11) is -3.09. The van der Waals surface area contributed by atoms with Crippen molar-refractivity contribution >= 4 is 21.4 Å². The highest BCUT2D eigenvalue weighted by Gasteiger charge is 2.23. The zero-order valence-electron chi connectivity index (χ0n) is 16.6. The molecule has 0 radical (unpaired) electrons. The third kappa shape index (κ3) is 4.93. The maximum absolute atomic E-state index is 11.7. The minimum Gasteiger partial charge on any atom is -0.329 e. The lowest BCUT2D eigenvalue weighted by molar-refractivity contribution is 0.182. The van der Waals surface area contributed by atoms with Gasteiger partial charge in [0, 0.05) is 51.7 Å². The Labute approximate surface area is 172 Å². The van der Waals surface area contributed by atoms with Crippen LogP contribution < -0.4 is 4.90 Å². The van der Waals surface area contributed by atoms with Crippen LogP contribution in [-0.4, -0.2) is 61.6 Å². The van der Waals surface area contributed by atoms with Crippen LogP contribution in [0.2, 0.25) is 0 Å². The topological polar surface area (TPSA) is 56.8 Å². The maximum Gasteiger partial charge on any atom is 0.211 e. The molecule has 1 saturated heterocycles. The summed E-state index contributed by atoms with van der Waals surface area (Å²) in [5.74, 6) is 0.928. The number of sulfonamides is 1. The first-order valence-electron chi connectivity index (χ1n) is 9.82. The molecule has 4 rings (SSSR count). The van der Waals surface area contributed by atoms with Gasteiger partial charge in [-0.1, -0.05) is 36.4 Å². The predicted octanol–water partition coefficient (Wildman–Crippen LogP) is 2.58. The first-order chi connectivity index (χ1) is 14.0. The largest absolute Gasteiger partial charge is 0.329 e. The molecule has 0 atom stereocenters. The molecule has 2 aliphatic rings. The van der Waals surface area contributed by atoms with Crippen LogP contribution in [0.3, 0.4) is 0 Å². The molecule has 2 aliphatic heterocycles. The summed E-state index contributed by atoms with van der Waals surface area (Å²) in [6.07, 6.45) is 9.55. The molecule has 0 aliphatic carbocycles. The third-order valence-electron chi connectivity index (χ3n) is 5.36. The van der Waals surface area contributed by atoms with Crippen molar-refractivity contribution in [2.24, 2.45) is 0 Å². The smallest absolute Gasteiger partial charge is 0.211 e. The first kappa shape index (κ1) is 19.8. The molecular formula is C22H26N4O2S. The average molecular weight is 411 g/mol. The van der Waals surface area contributed by atoms with Crippen molar-refractivity contribution in [1.29, 1.82) is 0 Å². The second-order valence-electron chi connectivity index (χ2n) is 7.45. The lowest BCUT2D eigenvalue weighted by atomic mass is 10.0. The van der Waals surface area contributed by atoms with E-state index in [-0.39, 0.29) is 0 Å². The Morgan fingerprint density at radius 2 is 1.79 bits per heavy atom. The zero-order valence-corrected chi connectivity index (χ0v) is 17.4. The van der Waals surface area contributed by atoms with Crippen LogP contribution in [0, 0.1) is 0 Å². The second-order valence-corrected chi connectivity index (χ2v) is 9.44. The molecule has 1 fully saturated rings. The van der Waals surface area contributed by atoms with Gasteiger partial charge in [-0.25, -0.2) is 13.4 Å². The fraction of sp³-hybridized carbons (Fsp3) is 0.318. The van der Waals surface area contributed by atoms with E-state index in [9.17, 15) is 8.42 Å². The number of nitrogens with zero attached hydrogens (tertiary/aromatic N) is 4. The van der Waals surface area contributed by atoms with Gasteiger partial charge in [-0.3, -0.25) is 4.90 Å². The van der Waals surface area contributed by atoms with Crippen LogP contribution in [-0.2, 0) is 16.6 Å². The van der Waals surface area contributed by atoms with Gasteiger partial charge < -0.3 is 4.90 Å².